The van der Waals surface area contributed by atoms with Crippen molar-refractivity contribution in [3.8, 4) is 11.8 Å². The Bertz CT molecular complexity index is 907. The first-order valence-electron chi connectivity index (χ1n) is 8.22. The first-order chi connectivity index (χ1) is 11.8. The highest BCUT2D eigenvalue weighted by Crippen LogP contribution is 2.24. The number of thiazole rings is 1. The molecule has 2 heterocycles. The van der Waals surface area contributed by atoms with Crippen molar-refractivity contribution in [2.24, 2.45) is 0 Å². The van der Waals surface area contributed by atoms with Crippen molar-refractivity contribution >= 4 is 27.2 Å². The van der Waals surface area contributed by atoms with Gasteiger partial charge in [-0.1, -0.05) is 42.2 Å². The number of nitrogens with two attached hydrogens (primary N) is 1. The molecule has 0 unspecified atom stereocenters. The van der Waals surface area contributed by atoms with Crippen molar-refractivity contribution < 1.29 is 0 Å². The number of fused-ring (bicyclic) bond motifs is 2. The van der Waals surface area contributed by atoms with Crippen LogP contribution in [0.3, 0.4) is 0 Å². The van der Waals surface area contributed by atoms with E-state index >= 15 is 0 Å². The molecular formula is C20H19N3S. The second-order valence-corrected chi connectivity index (χ2v) is 7.18. The number of benzene rings is 2. The highest BCUT2D eigenvalue weighted by molar-refractivity contribution is 7.15. The SMILES string of the molecule is Nc1nc2c(s1)CCN(CC#Cc1ccc3ccccc3c1)CC2. The van der Waals surface area contributed by atoms with Crippen molar-refractivity contribution in [1.82, 2.24) is 9.88 Å². The molecule has 0 saturated carbocycles. The van der Waals surface area contributed by atoms with Gasteiger partial charge in [0.15, 0.2) is 5.13 Å². The number of hydrogen-bond donors (Lipinski definition) is 1. The van der Waals surface area contributed by atoms with Gasteiger partial charge in [0.05, 0.1) is 12.2 Å². The van der Waals surface area contributed by atoms with Crippen LogP contribution >= 0.6 is 11.3 Å². The molecule has 0 saturated heterocycles. The molecule has 120 valence electrons. The molecule has 2 N–H and O–H groups in total. The Kier molecular flexibility index (Phi) is 4.20. The molecule has 0 bridgehead atoms. The van der Waals surface area contributed by atoms with E-state index in [2.05, 4.69) is 64.2 Å². The third-order valence-corrected chi connectivity index (χ3v) is 5.39. The van der Waals surface area contributed by atoms with Crippen LogP contribution in [0.2, 0.25) is 0 Å². The number of rotatable bonds is 1. The highest BCUT2D eigenvalue weighted by atomic mass is 32.1. The number of aromatic nitrogens is 1. The molecule has 1 aromatic heterocycles. The molecule has 24 heavy (non-hydrogen) atoms. The van der Waals surface area contributed by atoms with E-state index in [0.717, 1.165) is 38.0 Å². The van der Waals surface area contributed by atoms with Crippen LogP contribution in [0.4, 0.5) is 5.13 Å². The minimum absolute atomic E-state index is 0.699. The van der Waals surface area contributed by atoms with E-state index in [1.54, 1.807) is 11.3 Å². The standard InChI is InChI=1S/C20H19N3S/c21-20-22-18-9-12-23(13-10-19(18)24-20)11-3-4-15-7-8-16-5-1-2-6-17(16)14-15/h1-2,5-8,14H,9-13H2,(H2,21,22). The first-order valence-corrected chi connectivity index (χ1v) is 9.04. The Morgan fingerprint density at radius 1 is 1.08 bits per heavy atom. The number of nitrogens with zero attached hydrogens (tertiary/aromatic N) is 2. The summed E-state index contributed by atoms with van der Waals surface area (Å²) >= 11 is 1.63. The van der Waals surface area contributed by atoms with Gasteiger partial charge in [-0.3, -0.25) is 4.90 Å². The maximum Gasteiger partial charge on any atom is 0.180 e. The Morgan fingerprint density at radius 2 is 1.92 bits per heavy atom. The first kappa shape index (κ1) is 15.2. The van der Waals surface area contributed by atoms with Gasteiger partial charge in [-0.15, -0.1) is 11.3 Å². The van der Waals surface area contributed by atoms with Crippen molar-refractivity contribution in [1.29, 1.82) is 0 Å². The molecule has 4 heteroatoms. The van der Waals surface area contributed by atoms with Gasteiger partial charge < -0.3 is 5.73 Å². The minimum atomic E-state index is 0.699. The average Bonchev–Trinajstić information content (AvgIpc) is 2.86. The third kappa shape index (κ3) is 3.28. The van der Waals surface area contributed by atoms with E-state index in [4.69, 9.17) is 5.73 Å². The lowest BCUT2D eigenvalue weighted by Gasteiger charge is -2.15. The summed E-state index contributed by atoms with van der Waals surface area (Å²) in [7, 11) is 0. The molecule has 2 aromatic carbocycles. The largest absolute Gasteiger partial charge is 0.375 e. The van der Waals surface area contributed by atoms with Crippen LogP contribution in [0.5, 0.6) is 0 Å². The average molecular weight is 333 g/mol. The van der Waals surface area contributed by atoms with Crippen LogP contribution < -0.4 is 5.73 Å². The Labute approximate surface area is 146 Å². The zero-order valence-corrected chi connectivity index (χ0v) is 14.3. The van der Waals surface area contributed by atoms with Gasteiger partial charge in [-0.2, -0.15) is 0 Å². The van der Waals surface area contributed by atoms with Crippen LogP contribution in [0, 0.1) is 11.8 Å². The maximum atomic E-state index is 5.80. The molecule has 0 amide bonds. The fourth-order valence-electron chi connectivity index (χ4n) is 3.11. The Balaban J connectivity index is 1.41. The summed E-state index contributed by atoms with van der Waals surface area (Å²) in [5.41, 5.74) is 8.06. The van der Waals surface area contributed by atoms with Gasteiger partial charge in [-0.25, -0.2) is 4.98 Å². The van der Waals surface area contributed by atoms with Crippen LogP contribution in [-0.2, 0) is 12.8 Å². The summed E-state index contributed by atoms with van der Waals surface area (Å²) in [6.45, 7) is 2.83. The number of anilines is 1. The molecule has 0 spiro atoms. The number of nitrogen functional groups attached to an aromatic ring is 1. The van der Waals surface area contributed by atoms with Crippen molar-refractivity contribution in [2.75, 3.05) is 25.4 Å². The van der Waals surface area contributed by atoms with Gasteiger partial charge in [0, 0.05) is 30.0 Å². The van der Waals surface area contributed by atoms with Crippen LogP contribution in [0.1, 0.15) is 16.1 Å². The molecule has 3 aromatic rings. The van der Waals surface area contributed by atoms with E-state index in [1.165, 1.54) is 21.3 Å². The van der Waals surface area contributed by atoms with E-state index in [0.29, 0.717) is 5.13 Å². The molecular weight excluding hydrogens is 314 g/mol. The summed E-state index contributed by atoms with van der Waals surface area (Å²) in [4.78, 5) is 8.18. The molecule has 1 aliphatic rings. The van der Waals surface area contributed by atoms with Gasteiger partial charge in [0.25, 0.3) is 0 Å². The predicted molar refractivity (Wildman–Crippen MR) is 101 cm³/mol. The topological polar surface area (TPSA) is 42.1 Å². The van der Waals surface area contributed by atoms with Crippen LogP contribution in [0.25, 0.3) is 10.8 Å². The normalized spacial score (nSPS) is 14.7. The van der Waals surface area contributed by atoms with Crippen molar-refractivity contribution in [2.45, 2.75) is 12.8 Å². The molecule has 0 radical (unpaired) electrons. The molecule has 4 rings (SSSR count). The predicted octanol–water partition coefficient (Wildman–Crippen LogP) is 3.33. The van der Waals surface area contributed by atoms with Crippen LogP contribution in [0.15, 0.2) is 42.5 Å². The van der Waals surface area contributed by atoms with Gasteiger partial charge in [0.1, 0.15) is 0 Å². The maximum absolute atomic E-state index is 5.80. The van der Waals surface area contributed by atoms with Gasteiger partial charge >= 0.3 is 0 Å². The molecule has 3 nitrogen and oxygen atoms in total. The summed E-state index contributed by atoms with van der Waals surface area (Å²) < 4.78 is 0. The molecule has 0 aliphatic carbocycles. The minimum Gasteiger partial charge on any atom is -0.375 e. The van der Waals surface area contributed by atoms with E-state index in [-0.39, 0.29) is 0 Å². The zero-order chi connectivity index (χ0) is 16.4. The van der Waals surface area contributed by atoms with Crippen LogP contribution in [-0.4, -0.2) is 29.5 Å². The molecule has 0 atom stereocenters. The number of hydrogen-bond acceptors (Lipinski definition) is 4. The van der Waals surface area contributed by atoms with Gasteiger partial charge in [0.2, 0.25) is 0 Å². The summed E-state index contributed by atoms with van der Waals surface area (Å²) in [6.07, 6.45) is 2.00. The Morgan fingerprint density at radius 3 is 2.83 bits per heavy atom. The van der Waals surface area contributed by atoms with E-state index in [1.807, 2.05) is 0 Å². The third-order valence-electron chi connectivity index (χ3n) is 4.40. The second-order valence-electron chi connectivity index (χ2n) is 6.06. The second kappa shape index (κ2) is 6.64. The molecule has 1 aliphatic heterocycles. The summed E-state index contributed by atoms with van der Waals surface area (Å²) in [5.74, 6) is 6.63. The Hall–Kier alpha value is -2.35. The monoisotopic (exact) mass is 333 g/mol. The highest BCUT2D eigenvalue weighted by Gasteiger charge is 2.16. The summed E-state index contributed by atoms with van der Waals surface area (Å²) in [6, 6.07) is 14.8. The van der Waals surface area contributed by atoms with Gasteiger partial charge in [-0.05, 0) is 29.3 Å². The lowest BCUT2D eigenvalue weighted by molar-refractivity contribution is 0.323. The fourth-order valence-corrected chi connectivity index (χ4v) is 3.98. The zero-order valence-electron chi connectivity index (χ0n) is 13.5. The summed E-state index contributed by atoms with van der Waals surface area (Å²) in [5, 5.41) is 3.20. The van der Waals surface area contributed by atoms with Crippen molar-refractivity contribution in [3.05, 3.63) is 58.6 Å². The fraction of sp³-hybridized carbons (Fsp3) is 0.250. The lowest BCUT2D eigenvalue weighted by atomic mass is 10.1. The van der Waals surface area contributed by atoms with E-state index in [9.17, 15) is 0 Å². The van der Waals surface area contributed by atoms with Crippen molar-refractivity contribution in [3.63, 3.8) is 0 Å². The smallest absolute Gasteiger partial charge is 0.180 e. The lowest BCUT2D eigenvalue weighted by Crippen LogP contribution is -2.26. The van der Waals surface area contributed by atoms with E-state index < -0.39 is 0 Å². The molecule has 0 fully saturated rings. The quantitative estimate of drug-likeness (QED) is 0.695.